The molecule has 1 N–H and O–H groups in total. The van der Waals surface area contributed by atoms with Gasteiger partial charge in [-0.25, -0.2) is 0 Å². The van der Waals surface area contributed by atoms with Crippen LogP contribution in [0.4, 0.5) is 5.69 Å². The van der Waals surface area contributed by atoms with Gasteiger partial charge in [-0.2, -0.15) is 0 Å². The SMILES string of the molecule is CSc1cccc(NC(=O)Cc2ccc(Cl)cc2)c1. The van der Waals surface area contributed by atoms with Crippen LogP contribution in [0.5, 0.6) is 0 Å². The number of hydrogen-bond donors (Lipinski definition) is 1. The molecule has 0 radical (unpaired) electrons. The Balaban J connectivity index is 1.99. The molecule has 2 aromatic rings. The third kappa shape index (κ3) is 4.30. The fourth-order valence-electron chi connectivity index (χ4n) is 1.69. The van der Waals surface area contributed by atoms with E-state index in [0.29, 0.717) is 11.4 Å². The second-order valence-corrected chi connectivity index (χ2v) is 5.40. The normalized spacial score (nSPS) is 10.2. The minimum Gasteiger partial charge on any atom is -0.326 e. The summed E-state index contributed by atoms with van der Waals surface area (Å²) in [6.45, 7) is 0. The van der Waals surface area contributed by atoms with Crippen molar-refractivity contribution in [1.82, 2.24) is 0 Å². The van der Waals surface area contributed by atoms with Gasteiger partial charge in [0, 0.05) is 15.6 Å². The molecule has 1 amide bonds. The van der Waals surface area contributed by atoms with Crippen molar-refractivity contribution in [2.45, 2.75) is 11.3 Å². The van der Waals surface area contributed by atoms with Gasteiger partial charge >= 0.3 is 0 Å². The van der Waals surface area contributed by atoms with Crippen LogP contribution in [-0.2, 0) is 11.2 Å². The number of benzene rings is 2. The van der Waals surface area contributed by atoms with Crippen molar-refractivity contribution in [1.29, 1.82) is 0 Å². The summed E-state index contributed by atoms with van der Waals surface area (Å²) in [6.07, 6.45) is 2.36. The molecule has 0 bridgehead atoms. The minimum atomic E-state index is -0.0272. The Morgan fingerprint density at radius 3 is 2.63 bits per heavy atom. The summed E-state index contributed by atoms with van der Waals surface area (Å²) in [5.41, 5.74) is 1.77. The van der Waals surface area contributed by atoms with Gasteiger partial charge in [-0.3, -0.25) is 4.79 Å². The van der Waals surface area contributed by atoms with E-state index in [1.807, 2.05) is 42.7 Å². The molecule has 0 spiro atoms. The Morgan fingerprint density at radius 1 is 1.21 bits per heavy atom. The molecule has 0 aromatic heterocycles. The van der Waals surface area contributed by atoms with Gasteiger partial charge in [0.05, 0.1) is 6.42 Å². The highest BCUT2D eigenvalue weighted by molar-refractivity contribution is 7.98. The standard InChI is InChI=1S/C15H14ClNOS/c1-19-14-4-2-3-13(10-14)17-15(18)9-11-5-7-12(16)8-6-11/h2-8,10H,9H2,1H3,(H,17,18). The van der Waals surface area contributed by atoms with Crippen LogP contribution in [0.2, 0.25) is 5.02 Å². The van der Waals surface area contributed by atoms with Crippen molar-refractivity contribution in [3.63, 3.8) is 0 Å². The van der Waals surface area contributed by atoms with Crippen LogP contribution >= 0.6 is 23.4 Å². The topological polar surface area (TPSA) is 29.1 Å². The first-order valence-corrected chi connectivity index (χ1v) is 7.46. The van der Waals surface area contributed by atoms with E-state index in [1.54, 1.807) is 23.9 Å². The first-order valence-electron chi connectivity index (χ1n) is 5.86. The van der Waals surface area contributed by atoms with E-state index in [9.17, 15) is 4.79 Å². The van der Waals surface area contributed by atoms with E-state index in [0.717, 1.165) is 16.1 Å². The fourth-order valence-corrected chi connectivity index (χ4v) is 2.28. The molecule has 0 unspecified atom stereocenters. The molecule has 0 atom stereocenters. The maximum atomic E-state index is 11.9. The van der Waals surface area contributed by atoms with Crippen molar-refractivity contribution in [2.24, 2.45) is 0 Å². The van der Waals surface area contributed by atoms with Gasteiger partial charge in [0.2, 0.25) is 5.91 Å². The molecule has 98 valence electrons. The molecular formula is C15H14ClNOS. The molecule has 4 heteroatoms. The van der Waals surface area contributed by atoms with E-state index in [1.165, 1.54) is 0 Å². The Bertz CT molecular complexity index is 569. The highest BCUT2D eigenvalue weighted by atomic mass is 35.5. The summed E-state index contributed by atoms with van der Waals surface area (Å²) in [6, 6.07) is 15.1. The van der Waals surface area contributed by atoms with Crippen LogP contribution < -0.4 is 5.32 Å². The smallest absolute Gasteiger partial charge is 0.228 e. The monoisotopic (exact) mass is 291 g/mol. The Kier molecular flexibility index (Phi) is 4.88. The first kappa shape index (κ1) is 14.0. The summed E-state index contributed by atoms with van der Waals surface area (Å²) < 4.78 is 0. The third-order valence-corrected chi connectivity index (χ3v) is 3.61. The number of nitrogens with one attached hydrogen (secondary N) is 1. The molecule has 2 aromatic carbocycles. The molecular weight excluding hydrogens is 278 g/mol. The van der Waals surface area contributed by atoms with Crippen LogP contribution in [0.15, 0.2) is 53.4 Å². The number of hydrogen-bond acceptors (Lipinski definition) is 2. The molecule has 0 heterocycles. The molecule has 0 aliphatic heterocycles. The minimum absolute atomic E-state index is 0.0272. The molecule has 19 heavy (non-hydrogen) atoms. The van der Waals surface area contributed by atoms with Gasteiger partial charge in [0.1, 0.15) is 0 Å². The Hall–Kier alpha value is -1.45. The van der Waals surface area contributed by atoms with E-state index in [4.69, 9.17) is 11.6 Å². The zero-order chi connectivity index (χ0) is 13.7. The van der Waals surface area contributed by atoms with Crippen molar-refractivity contribution >= 4 is 35.0 Å². The van der Waals surface area contributed by atoms with E-state index >= 15 is 0 Å². The zero-order valence-corrected chi connectivity index (χ0v) is 12.1. The Morgan fingerprint density at radius 2 is 1.95 bits per heavy atom. The molecule has 2 rings (SSSR count). The number of amides is 1. The van der Waals surface area contributed by atoms with Crippen LogP contribution in [0.25, 0.3) is 0 Å². The maximum absolute atomic E-state index is 11.9. The predicted octanol–water partition coefficient (Wildman–Crippen LogP) is 4.24. The average molecular weight is 292 g/mol. The average Bonchev–Trinajstić information content (AvgIpc) is 2.41. The van der Waals surface area contributed by atoms with E-state index < -0.39 is 0 Å². The summed E-state index contributed by atoms with van der Waals surface area (Å²) in [5, 5.41) is 3.57. The molecule has 0 aliphatic carbocycles. The fraction of sp³-hybridized carbons (Fsp3) is 0.133. The van der Waals surface area contributed by atoms with Crippen LogP contribution in [0.1, 0.15) is 5.56 Å². The molecule has 0 saturated heterocycles. The van der Waals surface area contributed by atoms with Crippen LogP contribution in [-0.4, -0.2) is 12.2 Å². The predicted molar refractivity (Wildman–Crippen MR) is 82.0 cm³/mol. The number of carbonyl (C=O) groups excluding carboxylic acids is 1. The van der Waals surface area contributed by atoms with Crippen LogP contribution in [0, 0.1) is 0 Å². The van der Waals surface area contributed by atoms with Gasteiger partial charge in [-0.05, 0) is 42.2 Å². The number of anilines is 1. The summed E-state index contributed by atoms with van der Waals surface area (Å²) >= 11 is 7.46. The summed E-state index contributed by atoms with van der Waals surface area (Å²) in [5.74, 6) is -0.0272. The third-order valence-electron chi connectivity index (χ3n) is 2.63. The number of rotatable bonds is 4. The van der Waals surface area contributed by atoms with Gasteiger partial charge in [0.25, 0.3) is 0 Å². The molecule has 0 fully saturated rings. The van der Waals surface area contributed by atoms with Gasteiger partial charge in [-0.1, -0.05) is 29.8 Å². The highest BCUT2D eigenvalue weighted by Crippen LogP contribution is 2.19. The summed E-state index contributed by atoms with van der Waals surface area (Å²) in [4.78, 5) is 13.0. The van der Waals surface area contributed by atoms with Gasteiger partial charge < -0.3 is 5.32 Å². The van der Waals surface area contributed by atoms with Crippen molar-refractivity contribution in [3.05, 3.63) is 59.1 Å². The van der Waals surface area contributed by atoms with Crippen LogP contribution in [0.3, 0.4) is 0 Å². The van der Waals surface area contributed by atoms with E-state index in [2.05, 4.69) is 5.32 Å². The van der Waals surface area contributed by atoms with Crippen molar-refractivity contribution in [3.8, 4) is 0 Å². The number of thioether (sulfide) groups is 1. The molecule has 0 saturated carbocycles. The van der Waals surface area contributed by atoms with Gasteiger partial charge in [-0.15, -0.1) is 11.8 Å². The molecule has 0 aliphatic rings. The quantitative estimate of drug-likeness (QED) is 0.854. The largest absolute Gasteiger partial charge is 0.326 e. The number of halogens is 1. The second kappa shape index (κ2) is 6.64. The lowest BCUT2D eigenvalue weighted by molar-refractivity contribution is -0.115. The lowest BCUT2D eigenvalue weighted by Gasteiger charge is -2.06. The second-order valence-electron chi connectivity index (χ2n) is 4.08. The molecule has 2 nitrogen and oxygen atoms in total. The Labute approximate surface area is 122 Å². The lowest BCUT2D eigenvalue weighted by atomic mass is 10.1. The highest BCUT2D eigenvalue weighted by Gasteiger charge is 2.04. The number of carbonyl (C=O) groups is 1. The first-order chi connectivity index (χ1) is 9.17. The van der Waals surface area contributed by atoms with Crippen molar-refractivity contribution in [2.75, 3.05) is 11.6 Å². The van der Waals surface area contributed by atoms with E-state index in [-0.39, 0.29) is 5.91 Å². The van der Waals surface area contributed by atoms with Crippen molar-refractivity contribution < 1.29 is 4.79 Å². The lowest BCUT2D eigenvalue weighted by Crippen LogP contribution is -2.14. The zero-order valence-electron chi connectivity index (χ0n) is 10.5. The van der Waals surface area contributed by atoms with Gasteiger partial charge in [0.15, 0.2) is 0 Å². The maximum Gasteiger partial charge on any atom is 0.228 e. The summed E-state index contributed by atoms with van der Waals surface area (Å²) in [7, 11) is 0.